The van der Waals surface area contributed by atoms with Gasteiger partial charge in [-0.3, -0.25) is 0 Å². The highest BCUT2D eigenvalue weighted by Gasteiger charge is 2.26. The van der Waals surface area contributed by atoms with Crippen molar-refractivity contribution in [3.63, 3.8) is 0 Å². The van der Waals surface area contributed by atoms with Gasteiger partial charge in [-0.15, -0.1) is 0 Å². The highest BCUT2D eigenvalue weighted by molar-refractivity contribution is 9.10. The Morgan fingerprint density at radius 1 is 1.41 bits per heavy atom. The zero-order valence-corrected chi connectivity index (χ0v) is 13.7. The first kappa shape index (κ1) is 13.8. The van der Waals surface area contributed by atoms with Gasteiger partial charge in [-0.2, -0.15) is 5.26 Å². The Morgan fingerprint density at radius 2 is 2.32 bits per heavy atom. The number of aromatic nitrogens is 1. The van der Waals surface area contributed by atoms with Crippen LogP contribution in [0.1, 0.15) is 12.8 Å². The quantitative estimate of drug-likeness (QED) is 0.816. The van der Waals surface area contributed by atoms with E-state index in [1.54, 1.807) is 0 Å². The van der Waals surface area contributed by atoms with Crippen molar-refractivity contribution in [2.75, 3.05) is 36.5 Å². The van der Waals surface area contributed by atoms with Gasteiger partial charge >= 0.3 is 0 Å². The number of nitriles is 1. The van der Waals surface area contributed by atoms with Crippen LogP contribution in [0.4, 0.5) is 11.5 Å². The first-order chi connectivity index (χ1) is 10.8. The minimum Gasteiger partial charge on any atom is -0.491 e. The number of nitrogens with zero attached hydrogens (tertiary/aromatic N) is 2. The average molecular weight is 361 g/mol. The molecule has 0 spiro atoms. The van der Waals surface area contributed by atoms with Gasteiger partial charge in [0.15, 0.2) is 0 Å². The molecule has 1 saturated heterocycles. The van der Waals surface area contributed by atoms with Crippen LogP contribution < -0.4 is 15.0 Å². The average Bonchev–Trinajstić information content (AvgIpc) is 2.75. The summed E-state index contributed by atoms with van der Waals surface area (Å²) in [6, 6.07) is 6.51. The van der Waals surface area contributed by atoms with E-state index in [9.17, 15) is 5.26 Å². The second-order valence-corrected chi connectivity index (χ2v) is 6.78. The van der Waals surface area contributed by atoms with Gasteiger partial charge in [0.25, 0.3) is 0 Å². The Bertz CT molecular complexity index is 764. The van der Waals surface area contributed by atoms with Crippen molar-refractivity contribution in [2.45, 2.75) is 12.8 Å². The van der Waals surface area contributed by atoms with Crippen molar-refractivity contribution in [1.29, 1.82) is 5.26 Å². The fourth-order valence-electron chi connectivity index (χ4n) is 3.39. The lowest BCUT2D eigenvalue weighted by Crippen LogP contribution is -2.35. The zero-order chi connectivity index (χ0) is 15.1. The van der Waals surface area contributed by atoms with E-state index >= 15 is 0 Å². The van der Waals surface area contributed by atoms with Crippen LogP contribution in [0, 0.1) is 17.2 Å². The maximum Gasteiger partial charge on any atom is 0.132 e. The molecule has 0 bridgehead atoms. The Hall–Kier alpha value is -1.87. The largest absolute Gasteiger partial charge is 0.491 e. The monoisotopic (exact) mass is 360 g/mol. The van der Waals surface area contributed by atoms with Crippen LogP contribution in [0.15, 0.2) is 16.6 Å². The fraction of sp³-hybridized carbons (Fsp3) is 0.438. The topological polar surface area (TPSA) is 64.1 Å². The summed E-state index contributed by atoms with van der Waals surface area (Å²) in [5.41, 5.74) is 2.16. The van der Waals surface area contributed by atoms with E-state index in [-0.39, 0.29) is 5.92 Å². The molecular formula is C16H17BrN4O. The first-order valence-electron chi connectivity index (χ1n) is 7.62. The second-order valence-electron chi connectivity index (χ2n) is 5.86. The number of nitrogens with one attached hydrogen (secondary N) is 2. The van der Waals surface area contributed by atoms with E-state index in [1.165, 1.54) is 0 Å². The van der Waals surface area contributed by atoms with Gasteiger partial charge in [0.05, 0.1) is 28.6 Å². The van der Waals surface area contributed by atoms with Crippen molar-refractivity contribution in [2.24, 2.45) is 5.92 Å². The van der Waals surface area contributed by atoms with Crippen LogP contribution in [0.2, 0.25) is 0 Å². The molecule has 1 aromatic heterocycles. The predicted octanol–water partition coefficient (Wildman–Crippen LogP) is 3.47. The molecule has 1 fully saturated rings. The lowest BCUT2D eigenvalue weighted by Gasteiger charge is -2.31. The minimum atomic E-state index is 0.112. The Kier molecular flexibility index (Phi) is 3.38. The van der Waals surface area contributed by atoms with Crippen LogP contribution in [0.5, 0.6) is 5.75 Å². The van der Waals surface area contributed by atoms with Crippen molar-refractivity contribution >= 4 is 38.3 Å². The molecule has 2 N–H and O–H groups in total. The molecule has 2 aliphatic heterocycles. The molecule has 22 heavy (non-hydrogen) atoms. The number of benzene rings is 1. The van der Waals surface area contributed by atoms with Crippen molar-refractivity contribution in [3.8, 4) is 11.8 Å². The summed E-state index contributed by atoms with van der Waals surface area (Å²) in [5.74, 6) is 2.10. The number of halogens is 1. The van der Waals surface area contributed by atoms with E-state index < -0.39 is 0 Å². The molecule has 2 aliphatic rings. The summed E-state index contributed by atoms with van der Waals surface area (Å²) in [7, 11) is 0. The molecule has 6 heteroatoms. The second kappa shape index (κ2) is 5.40. The summed E-state index contributed by atoms with van der Waals surface area (Å²) in [6.07, 6.45) is 2.05. The molecule has 1 unspecified atom stereocenters. The Morgan fingerprint density at radius 3 is 3.18 bits per heavy atom. The van der Waals surface area contributed by atoms with Gasteiger partial charge in [-0.05, 0) is 25.0 Å². The lowest BCUT2D eigenvalue weighted by atomic mass is 10.00. The van der Waals surface area contributed by atoms with Crippen LogP contribution in [-0.2, 0) is 0 Å². The predicted molar refractivity (Wildman–Crippen MR) is 90.5 cm³/mol. The molecule has 2 aromatic rings. The molecule has 5 nitrogen and oxygen atoms in total. The molecule has 114 valence electrons. The number of hydrogen-bond acceptors (Lipinski definition) is 4. The molecule has 1 atom stereocenters. The molecular weight excluding hydrogens is 344 g/mol. The summed E-state index contributed by atoms with van der Waals surface area (Å²) in [5, 5.41) is 13.8. The molecule has 0 radical (unpaired) electrons. The van der Waals surface area contributed by atoms with E-state index in [4.69, 9.17) is 4.74 Å². The van der Waals surface area contributed by atoms with Crippen LogP contribution in [0.25, 0.3) is 10.9 Å². The van der Waals surface area contributed by atoms with Gasteiger partial charge in [0.1, 0.15) is 18.2 Å². The standard InChI is InChI=1S/C16H17BrN4O/c17-11-6-12-14-13(7-11)22-5-3-19-15(14)16(20-12)21-4-1-2-10(8-18)9-21/h6-7,10,19-20H,1-5,9H2. The zero-order valence-electron chi connectivity index (χ0n) is 12.2. The third-order valence-corrected chi connectivity index (χ3v) is 4.85. The number of hydrogen-bond donors (Lipinski definition) is 2. The lowest BCUT2D eigenvalue weighted by molar-refractivity contribution is 0.339. The van der Waals surface area contributed by atoms with Crippen LogP contribution >= 0.6 is 15.9 Å². The van der Waals surface area contributed by atoms with E-state index in [2.05, 4.69) is 43.3 Å². The number of H-pyrrole nitrogens is 1. The fourth-order valence-corrected chi connectivity index (χ4v) is 3.83. The molecule has 4 rings (SSSR count). The van der Waals surface area contributed by atoms with E-state index in [0.29, 0.717) is 6.61 Å². The van der Waals surface area contributed by atoms with Gasteiger partial charge in [0, 0.05) is 24.1 Å². The highest BCUT2D eigenvalue weighted by Crippen LogP contribution is 2.43. The number of ether oxygens (including phenoxy) is 1. The SMILES string of the molecule is N#CC1CCCN(c2[nH]c3cc(Br)cc4c3c2NCCO4)C1. The van der Waals surface area contributed by atoms with Crippen molar-refractivity contribution in [1.82, 2.24) is 4.98 Å². The first-order valence-corrected chi connectivity index (χ1v) is 8.42. The molecule has 0 saturated carbocycles. The summed E-state index contributed by atoms with van der Waals surface area (Å²) in [4.78, 5) is 5.82. The van der Waals surface area contributed by atoms with Crippen molar-refractivity contribution in [3.05, 3.63) is 16.6 Å². The van der Waals surface area contributed by atoms with E-state index in [1.807, 2.05) is 6.07 Å². The highest BCUT2D eigenvalue weighted by atomic mass is 79.9. The number of rotatable bonds is 1. The number of aromatic amines is 1. The smallest absolute Gasteiger partial charge is 0.132 e. The number of piperidine rings is 1. The third kappa shape index (κ3) is 2.20. The maximum absolute atomic E-state index is 9.23. The minimum absolute atomic E-state index is 0.112. The van der Waals surface area contributed by atoms with Gasteiger partial charge < -0.3 is 19.9 Å². The van der Waals surface area contributed by atoms with Crippen molar-refractivity contribution < 1.29 is 4.74 Å². The van der Waals surface area contributed by atoms with E-state index in [0.717, 1.165) is 65.1 Å². The van der Waals surface area contributed by atoms with Gasteiger partial charge in [0.2, 0.25) is 0 Å². The Balaban J connectivity index is 1.84. The molecule has 1 aromatic carbocycles. The molecule has 3 heterocycles. The summed E-state index contributed by atoms with van der Waals surface area (Å²) in [6.45, 7) is 3.20. The van der Waals surface area contributed by atoms with Gasteiger partial charge in [-0.25, -0.2) is 0 Å². The maximum atomic E-state index is 9.23. The van der Waals surface area contributed by atoms with Gasteiger partial charge in [-0.1, -0.05) is 15.9 Å². The number of anilines is 2. The summed E-state index contributed by atoms with van der Waals surface area (Å²) >= 11 is 3.55. The van der Waals surface area contributed by atoms with Crippen LogP contribution in [-0.4, -0.2) is 31.2 Å². The molecule has 0 amide bonds. The molecule has 0 aliphatic carbocycles. The van der Waals surface area contributed by atoms with Crippen LogP contribution in [0.3, 0.4) is 0 Å². The Labute approximate surface area is 137 Å². The normalized spacial score (nSPS) is 20.9. The third-order valence-electron chi connectivity index (χ3n) is 4.39. The summed E-state index contributed by atoms with van der Waals surface area (Å²) < 4.78 is 6.87.